The molecule has 3 aromatic rings. The van der Waals surface area contributed by atoms with Crippen LogP contribution in [0.15, 0.2) is 65.6 Å². The Bertz CT molecular complexity index is 1180. The lowest BCUT2D eigenvalue weighted by Crippen LogP contribution is -2.24. The second-order valence-electron chi connectivity index (χ2n) is 7.61. The number of rotatable bonds is 7. The summed E-state index contributed by atoms with van der Waals surface area (Å²) in [5.74, 6) is -0.0801. The molecule has 2 aromatic carbocycles. The number of aromatic nitrogens is 1. The number of carbonyl (C=O) groups excluding carboxylic acids is 2. The number of hydrogen-bond donors (Lipinski definition) is 1. The molecule has 166 valence electrons. The van der Waals surface area contributed by atoms with Crippen molar-refractivity contribution >= 4 is 17.6 Å². The molecular formula is C25H26N2O5. The van der Waals surface area contributed by atoms with Gasteiger partial charge in [0.05, 0.1) is 25.5 Å². The van der Waals surface area contributed by atoms with Crippen LogP contribution < -0.4 is 15.6 Å². The predicted molar refractivity (Wildman–Crippen MR) is 123 cm³/mol. The minimum atomic E-state index is -0.561. The van der Waals surface area contributed by atoms with Crippen molar-refractivity contribution in [2.75, 3.05) is 19.5 Å². The fourth-order valence-corrected chi connectivity index (χ4v) is 3.25. The molecule has 1 heterocycles. The van der Waals surface area contributed by atoms with E-state index in [0.717, 1.165) is 11.1 Å². The monoisotopic (exact) mass is 434 g/mol. The van der Waals surface area contributed by atoms with E-state index in [0.29, 0.717) is 22.9 Å². The summed E-state index contributed by atoms with van der Waals surface area (Å²) in [6.07, 6.45) is 1.40. The number of nitrogens with one attached hydrogen (secondary N) is 1. The maximum Gasteiger partial charge on any atom is 0.325 e. The van der Waals surface area contributed by atoms with Gasteiger partial charge in [0.15, 0.2) is 0 Å². The smallest absolute Gasteiger partial charge is 0.325 e. The number of esters is 1. The zero-order valence-corrected chi connectivity index (χ0v) is 18.5. The summed E-state index contributed by atoms with van der Waals surface area (Å²) in [5.41, 5.74) is 3.55. The largest absolute Gasteiger partial charge is 0.496 e. The minimum Gasteiger partial charge on any atom is -0.496 e. The SMILES string of the molecule is COC(=O)Cn1cc(NC(=O)c2ccc(-c3ccc(C(C)C)cc3)cc2OC)ccc1=O. The van der Waals surface area contributed by atoms with Crippen molar-refractivity contribution in [1.29, 1.82) is 0 Å². The van der Waals surface area contributed by atoms with E-state index in [4.69, 9.17) is 4.74 Å². The molecule has 0 aliphatic heterocycles. The first-order chi connectivity index (χ1) is 15.3. The van der Waals surface area contributed by atoms with Gasteiger partial charge in [-0.2, -0.15) is 0 Å². The van der Waals surface area contributed by atoms with Gasteiger partial charge in [-0.3, -0.25) is 14.4 Å². The number of pyridine rings is 1. The molecule has 7 heteroatoms. The first kappa shape index (κ1) is 22.8. The van der Waals surface area contributed by atoms with Crippen LogP contribution in [0.2, 0.25) is 0 Å². The number of anilines is 1. The highest BCUT2D eigenvalue weighted by Gasteiger charge is 2.15. The molecule has 1 amide bonds. The van der Waals surface area contributed by atoms with Crippen molar-refractivity contribution in [1.82, 2.24) is 4.57 Å². The first-order valence-corrected chi connectivity index (χ1v) is 10.2. The van der Waals surface area contributed by atoms with Gasteiger partial charge < -0.3 is 19.4 Å². The van der Waals surface area contributed by atoms with Crippen molar-refractivity contribution in [2.45, 2.75) is 26.3 Å². The molecule has 0 saturated carbocycles. The van der Waals surface area contributed by atoms with E-state index >= 15 is 0 Å². The van der Waals surface area contributed by atoms with E-state index in [1.165, 1.54) is 42.7 Å². The van der Waals surface area contributed by atoms with Gasteiger partial charge in [0.1, 0.15) is 12.3 Å². The average Bonchev–Trinajstić information content (AvgIpc) is 2.80. The zero-order valence-electron chi connectivity index (χ0n) is 18.5. The third-order valence-corrected chi connectivity index (χ3v) is 5.13. The highest BCUT2D eigenvalue weighted by atomic mass is 16.5. The van der Waals surface area contributed by atoms with Gasteiger partial charge >= 0.3 is 5.97 Å². The normalized spacial score (nSPS) is 10.7. The van der Waals surface area contributed by atoms with E-state index in [1.807, 2.05) is 24.3 Å². The summed E-state index contributed by atoms with van der Waals surface area (Å²) >= 11 is 0. The lowest BCUT2D eigenvalue weighted by atomic mass is 9.98. The summed E-state index contributed by atoms with van der Waals surface area (Å²) in [6, 6.07) is 16.4. The number of methoxy groups -OCH3 is 2. The zero-order chi connectivity index (χ0) is 23.3. The molecule has 3 rings (SSSR count). The van der Waals surface area contributed by atoms with Gasteiger partial charge in [0.2, 0.25) is 0 Å². The van der Waals surface area contributed by atoms with Gasteiger partial charge in [0.25, 0.3) is 11.5 Å². The number of carbonyl (C=O) groups is 2. The Morgan fingerprint density at radius 2 is 1.66 bits per heavy atom. The van der Waals surface area contributed by atoms with Crippen LogP contribution in [0.1, 0.15) is 35.7 Å². The van der Waals surface area contributed by atoms with E-state index < -0.39 is 11.9 Å². The Hall–Kier alpha value is -3.87. The molecule has 0 radical (unpaired) electrons. The molecule has 0 spiro atoms. The maximum atomic E-state index is 12.9. The molecule has 0 bridgehead atoms. The van der Waals surface area contributed by atoms with E-state index in [-0.39, 0.29) is 12.1 Å². The second kappa shape index (κ2) is 9.96. The molecular weight excluding hydrogens is 408 g/mol. The molecule has 0 atom stereocenters. The molecule has 7 nitrogen and oxygen atoms in total. The summed E-state index contributed by atoms with van der Waals surface area (Å²) in [4.78, 5) is 36.3. The van der Waals surface area contributed by atoms with Crippen LogP contribution in [0.5, 0.6) is 5.75 Å². The van der Waals surface area contributed by atoms with Gasteiger partial charge in [-0.1, -0.05) is 44.2 Å². The number of nitrogens with zero attached hydrogens (tertiary/aromatic N) is 1. The topological polar surface area (TPSA) is 86.6 Å². The van der Waals surface area contributed by atoms with Gasteiger partial charge in [-0.25, -0.2) is 0 Å². The van der Waals surface area contributed by atoms with Crippen LogP contribution in [0.4, 0.5) is 5.69 Å². The third-order valence-electron chi connectivity index (χ3n) is 5.13. The van der Waals surface area contributed by atoms with Gasteiger partial charge in [-0.15, -0.1) is 0 Å². The standard InChI is InChI=1S/C25H26N2O5/c1-16(2)17-5-7-18(8-6-17)19-9-11-21(22(13-19)31-3)25(30)26-20-10-12-23(28)27(14-20)15-24(29)32-4/h5-14,16H,15H2,1-4H3,(H,26,30). The Morgan fingerprint density at radius 1 is 0.969 bits per heavy atom. The molecule has 0 unspecified atom stereocenters. The quantitative estimate of drug-likeness (QED) is 0.567. The van der Waals surface area contributed by atoms with Crippen LogP contribution in [-0.4, -0.2) is 30.7 Å². The molecule has 1 aromatic heterocycles. The van der Waals surface area contributed by atoms with Gasteiger partial charge in [0, 0.05) is 12.3 Å². The van der Waals surface area contributed by atoms with Crippen molar-refractivity contribution in [3.8, 4) is 16.9 Å². The van der Waals surface area contributed by atoms with Crippen molar-refractivity contribution < 1.29 is 19.1 Å². The highest BCUT2D eigenvalue weighted by Crippen LogP contribution is 2.29. The third kappa shape index (κ3) is 5.24. The molecule has 32 heavy (non-hydrogen) atoms. The van der Waals surface area contributed by atoms with Crippen LogP contribution in [-0.2, 0) is 16.1 Å². The second-order valence-corrected chi connectivity index (χ2v) is 7.61. The predicted octanol–water partition coefficient (Wildman–Crippen LogP) is 4.07. The van der Waals surface area contributed by atoms with Crippen LogP contribution in [0, 0.1) is 0 Å². The minimum absolute atomic E-state index is 0.243. The van der Waals surface area contributed by atoms with E-state index in [1.54, 1.807) is 6.07 Å². The summed E-state index contributed by atoms with van der Waals surface area (Å²) in [6.45, 7) is 4.05. The summed E-state index contributed by atoms with van der Waals surface area (Å²) in [5, 5.41) is 2.74. The van der Waals surface area contributed by atoms with Gasteiger partial charge in [-0.05, 0) is 40.8 Å². The summed E-state index contributed by atoms with van der Waals surface area (Å²) in [7, 11) is 2.75. The average molecular weight is 434 g/mol. The van der Waals surface area contributed by atoms with Crippen LogP contribution >= 0.6 is 0 Å². The lowest BCUT2D eigenvalue weighted by Gasteiger charge is -2.13. The Kier molecular flexibility index (Phi) is 7.10. The van der Waals surface area contributed by atoms with Crippen molar-refractivity contribution in [3.05, 3.63) is 82.3 Å². The number of hydrogen-bond acceptors (Lipinski definition) is 5. The number of ether oxygens (including phenoxy) is 2. The van der Waals surface area contributed by atoms with E-state index in [2.05, 4.69) is 36.0 Å². The molecule has 0 aliphatic carbocycles. The fourth-order valence-electron chi connectivity index (χ4n) is 3.25. The number of amides is 1. The Labute approximate surface area is 186 Å². The Balaban J connectivity index is 1.83. The van der Waals surface area contributed by atoms with Crippen LogP contribution in [0.25, 0.3) is 11.1 Å². The fraction of sp³-hybridized carbons (Fsp3) is 0.240. The molecule has 0 aliphatic rings. The van der Waals surface area contributed by atoms with Crippen molar-refractivity contribution in [3.63, 3.8) is 0 Å². The summed E-state index contributed by atoms with van der Waals surface area (Å²) < 4.78 is 11.2. The van der Waals surface area contributed by atoms with Crippen molar-refractivity contribution in [2.24, 2.45) is 0 Å². The molecule has 0 saturated heterocycles. The first-order valence-electron chi connectivity index (χ1n) is 10.2. The Morgan fingerprint density at radius 3 is 2.28 bits per heavy atom. The molecule has 0 fully saturated rings. The number of benzene rings is 2. The van der Waals surface area contributed by atoms with E-state index in [9.17, 15) is 14.4 Å². The maximum absolute atomic E-state index is 12.9. The highest BCUT2D eigenvalue weighted by molar-refractivity contribution is 6.06. The molecule has 1 N–H and O–H groups in total. The van der Waals surface area contributed by atoms with Crippen LogP contribution in [0.3, 0.4) is 0 Å². The lowest BCUT2D eigenvalue weighted by molar-refractivity contribution is -0.141.